The molecule has 1 unspecified atom stereocenters. The average Bonchev–Trinajstić information content (AvgIpc) is 3.36. The topological polar surface area (TPSA) is 166 Å². The van der Waals surface area contributed by atoms with Crippen molar-refractivity contribution in [3.05, 3.63) is 36.4 Å². The second-order valence-electron chi connectivity index (χ2n) is 13.4. The van der Waals surface area contributed by atoms with Crippen molar-refractivity contribution in [3.8, 4) is 17.4 Å². The number of allylic oxidation sites excluding steroid dienone is 1. The minimum absolute atomic E-state index is 0.0418. The molecule has 3 N–H and O–H groups in total. The van der Waals surface area contributed by atoms with Gasteiger partial charge in [-0.05, 0) is 70.4 Å². The van der Waals surface area contributed by atoms with Crippen molar-refractivity contribution >= 4 is 34.8 Å². The van der Waals surface area contributed by atoms with E-state index in [9.17, 15) is 24.3 Å². The molecule has 13 nitrogen and oxygen atoms in total. The standard InChI is InChI=1S/C36H46N4O9/c1-3-47-31-19-30(26-16-15-24(46-2)17-28(26)37-31)48-25-18-29-32(41)39-36(34(43)44)20-22(36)11-7-5-4-6-8-14-27(33(42)40(29)21-25)38-35(45)49-23-12-9-10-13-23/h7,11,15-17,19,22-23,25,27,29H,3-6,8-10,12-14,18,20-21H2,1-2H3,(H,38,45)(H,39,41)(H,43,44)/b11-7-/t22-,25+,27-,29?,36+/m0/s1. The molecular weight excluding hydrogens is 632 g/mol. The molecule has 0 spiro atoms. The first-order chi connectivity index (χ1) is 23.7. The molecule has 3 amide bonds. The van der Waals surface area contributed by atoms with Crippen molar-refractivity contribution in [2.75, 3.05) is 20.3 Å². The van der Waals surface area contributed by atoms with E-state index >= 15 is 0 Å². The highest BCUT2D eigenvalue weighted by Gasteiger charge is 2.61. The number of benzene rings is 1. The van der Waals surface area contributed by atoms with Crippen LogP contribution in [-0.4, -0.2) is 89.0 Å². The minimum atomic E-state index is -1.43. The number of hydrogen-bond acceptors (Lipinski definition) is 9. The molecule has 1 aromatic carbocycles. The van der Waals surface area contributed by atoms with E-state index in [1.165, 1.54) is 4.90 Å². The molecule has 6 rings (SSSR count). The molecule has 3 fully saturated rings. The van der Waals surface area contributed by atoms with Gasteiger partial charge in [0.25, 0.3) is 0 Å². The van der Waals surface area contributed by atoms with Gasteiger partial charge in [-0.3, -0.25) is 9.59 Å². The number of carboxylic acid groups (broad SMARTS) is 1. The van der Waals surface area contributed by atoms with E-state index in [1.54, 1.807) is 25.3 Å². The number of amides is 3. The Labute approximate surface area is 285 Å². The molecule has 13 heteroatoms. The van der Waals surface area contributed by atoms with Gasteiger partial charge in [0.05, 0.1) is 25.8 Å². The van der Waals surface area contributed by atoms with Crippen molar-refractivity contribution in [1.82, 2.24) is 20.5 Å². The third kappa shape index (κ3) is 7.70. The molecule has 1 saturated heterocycles. The number of methoxy groups -OCH3 is 1. The molecule has 264 valence electrons. The maximum atomic E-state index is 14.4. The molecule has 5 atom stereocenters. The molecule has 3 heterocycles. The summed E-state index contributed by atoms with van der Waals surface area (Å²) in [5.74, 6) is -1.03. The average molecular weight is 679 g/mol. The Balaban J connectivity index is 1.29. The highest BCUT2D eigenvalue weighted by molar-refractivity contribution is 5.96. The van der Waals surface area contributed by atoms with Crippen LogP contribution in [0.15, 0.2) is 36.4 Å². The van der Waals surface area contributed by atoms with E-state index in [2.05, 4.69) is 15.6 Å². The lowest BCUT2D eigenvalue weighted by atomic mass is 10.0. The highest BCUT2D eigenvalue weighted by Crippen LogP contribution is 2.45. The summed E-state index contributed by atoms with van der Waals surface area (Å²) in [6.07, 6.45) is 9.80. The fourth-order valence-electron chi connectivity index (χ4n) is 7.26. The number of hydrogen-bond donors (Lipinski definition) is 3. The fourth-order valence-corrected chi connectivity index (χ4v) is 7.26. The Hall–Kier alpha value is -4.55. The molecule has 0 radical (unpaired) electrons. The number of nitrogens with zero attached hydrogens (tertiary/aromatic N) is 2. The zero-order valence-electron chi connectivity index (χ0n) is 28.2. The van der Waals surface area contributed by atoms with Gasteiger partial charge in [0.1, 0.15) is 41.3 Å². The van der Waals surface area contributed by atoms with E-state index in [0.717, 1.165) is 44.9 Å². The number of aromatic nitrogens is 1. The lowest BCUT2D eigenvalue weighted by Gasteiger charge is -2.29. The molecule has 2 aromatic rings. The molecular formula is C36H46N4O9. The van der Waals surface area contributed by atoms with Crippen LogP contribution in [0.3, 0.4) is 0 Å². The SMILES string of the molecule is CCOc1cc(O[C@@H]2CC3C(=O)N[C@]4(C(=O)O)C[C@@H]4/C=C\CCCCC[C@H](NC(=O)OC4CCCC4)C(=O)N3C2)c2ccc(OC)cc2n1. The zero-order chi connectivity index (χ0) is 34.5. The van der Waals surface area contributed by atoms with Crippen molar-refractivity contribution in [2.24, 2.45) is 5.92 Å². The van der Waals surface area contributed by atoms with E-state index in [1.807, 2.05) is 25.1 Å². The quantitative estimate of drug-likeness (QED) is 0.338. The van der Waals surface area contributed by atoms with Gasteiger partial charge < -0.3 is 39.6 Å². The predicted octanol–water partition coefficient (Wildman–Crippen LogP) is 4.51. The van der Waals surface area contributed by atoms with E-state index in [0.29, 0.717) is 47.7 Å². The summed E-state index contributed by atoms with van der Waals surface area (Å²) in [5.41, 5.74) is -0.847. The first-order valence-corrected chi connectivity index (χ1v) is 17.5. The maximum absolute atomic E-state index is 14.4. The first-order valence-electron chi connectivity index (χ1n) is 17.5. The third-order valence-corrected chi connectivity index (χ3v) is 10.0. The third-order valence-electron chi connectivity index (χ3n) is 10.0. The number of carbonyl (C=O) groups excluding carboxylic acids is 3. The lowest BCUT2D eigenvalue weighted by Crippen LogP contribution is -2.56. The maximum Gasteiger partial charge on any atom is 0.408 e. The van der Waals surface area contributed by atoms with Gasteiger partial charge >= 0.3 is 12.1 Å². The number of nitrogens with one attached hydrogen (secondary N) is 2. The van der Waals surface area contributed by atoms with Crippen molar-refractivity contribution < 1.29 is 43.2 Å². The van der Waals surface area contributed by atoms with E-state index in [-0.39, 0.29) is 31.4 Å². The van der Waals surface area contributed by atoms with Gasteiger partial charge in [0.2, 0.25) is 17.7 Å². The molecule has 2 aliphatic carbocycles. The van der Waals surface area contributed by atoms with Crippen LogP contribution < -0.4 is 24.8 Å². The molecule has 2 aliphatic heterocycles. The lowest BCUT2D eigenvalue weighted by molar-refractivity contribution is -0.145. The number of fused-ring (bicyclic) bond motifs is 3. The second kappa shape index (κ2) is 14.9. The number of aliphatic carboxylic acids is 1. The van der Waals surface area contributed by atoms with Crippen LogP contribution in [0, 0.1) is 5.92 Å². The van der Waals surface area contributed by atoms with Crippen LogP contribution in [0.4, 0.5) is 4.79 Å². The molecule has 0 bridgehead atoms. The highest BCUT2D eigenvalue weighted by atomic mass is 16.6. The summed E-state index contributed by atoms with van der Waals surface area (Å²) in [6.45, 7) is 2.28. The Bertz CT molecular complexity index is 1590. The summed E-state index contributed by atoms with van der Waals surface area (Å²) in [5, 5.41) is 16.5. The van der Waals surface area contributed by atoms with Gasteiger partial charge in [0, 0.05) is 29.9 Å². The molecule has 1 aromatic heterocycles. The van der Waals surface area contributed by atoms with Crippen LogP contribution >= 0.6 is 0 Å². The van der Waals surface area contributed by atoms with Gasteiger partial charge in [-0.15, -0.1) is 0 Å². The number of ether oxygens (including phenoxy) is 4. The monoisotopic (exact) mass is 678 g/mol. The number of rotatable bonds is 8. The van der Waals surface area contributed by atoms with Gasteiger partial charge in [0.15, 0.2) is 0 Å². The van der Waals surface area contributed by atoms with Crippen molar-refractivity contribution in [2.45, 2.75) is 107 Å². The van der Waals surface area contributed by atoms with Gasteiger partial charge in [-0.25, -0.2) is 14.6 Å². The Morgan fingerprint density at radius 3 is 2.63 bits per heavy atom. The Morgan fingerprint density at radius 2 is 1.88 bits per heavy atom. The van der Waals surface area contributed by atoms with Gasteiger partial charge in [-0.2, -0.15) is 0 Å². The summed E-state index contributed by atoms with van der Waals surface area (Å²) >= 11 is 0. The van der Waals surface area contributed by atoms with Crippen LogP contribution in [0.1, 0.15) is 77.6 Å². The van der Waals surface area contributed by atoms with Gasteiger partial charge in [-0.1, -0.05) is 25.0 Å². The van der Waals surface area contributed by atoms with Crippen LogP contribution in [0.5, 0.6) is 17.4 Å². The van der Waals surface area contributed by atoms with E-state index in [4.69, 9.17) is 18.9 Å². The number of alkyl carbamates (subject to hydrolysis) is 1. The minimum Gasteiger partial charge on any atom is -0.497 e. The molecule has 49 heavy (non-hydrogen) atoms. The predicted molar refractivity (Wildman–Crippen MR) is 179 cm³/mol. The normalized spacial score (nSPS) is 28.3. The summed E-state index contributed by atoms with van der Waals surface area (Å²) in [6, 6.07) is 5.11. The van der Waals surface area contributed by atoms with Crippen LogP contribution in [0.25, 0.3) is 10.9 Å². The van der Waals surface area contributed by atoms with Crippen LogP contribution in [-0.2, 0) is 19.1 Å². The van der Waals surface area contributed by atoms with Crippen molar-refractivity contribution in [3.63, 3.8) is 0 Å². The summed E-state index contributed by atoms with van der Waals surface area (Å²) in [4.78, 5) is 59.8. The van der Waals surface area contributed by atoms with Crippen LogP contribution in [0.2, 0.25) is 0 Å². The first kappa shape index (κ1) is 34.3. The second-order valence-corrected chi connectivity index (χ2v) is 13.4. The zero-order valence-corrected chi connectivity index (χ0v) is 28.2. The molecule has 2 saturated carbocycles. The summed E-state index contributed by atoms with van der Waals surface area (Å²) < 4.78 is 23.3. The largest absolute Gasteiger partial charge is 0.497 e. The smallest absolute Gasteiger partial charge is 0.408 e. The van der Waals surface area contributed by atoms with E-state index < -0.39 is 47.6 Å². The Kier molecular flexibility index (Phi) is 10.4. The molecule has 4 aliphatic rings. The fraction of sp³-hybridized carbons (Fsp3) is 0.583. The summed E-state index contributed by atoms with van der Waals surface area (Å²) in [7, 11) is 1.57. The van der Waals surface area contributed by atoms with Crippen molar-refractivity contribution in [1.29, 1.82) is 0 Å². The number of carboxylic acids is 1. The Morgan fingerprint density at radius 1 is 1.08 bits per heavy atom. The number of pyridine rings is 1. The number of carbonyl (C=O) groups is 4.